The van der Waals surface area contributed by atoms with Crippen LogP contribution in [0, 0.1) is 0 Å². The van der Waals surface area contributed by atoms with Gasteiger partial charge in [0.05, 0.1) is 0 Å². The quantitative estimate of drug-likeness (QED) is 0.702. The topological polar surface area (TPSA) is 52.5 Å². The van der Waals surface area contributed by atoms with Crippen LogP contribution in [-0.4, -0.2) is 16.3 Å². The van der Waals surface area contributed by atoms with Gasteiger partial charge >= 0.3 is 0 Å². The molecule has 3 rings (SSSR count). The largest absolute Gasteiger partial charge is 0.504 e. The summed E-state index contributed by atoms with van der Waals surface area (Å²) < 4.78 is 0. The number of aromatic hydroxyl groups is 2. The molecule has 96 valence electrons. The highest BCUT2D eigenvalue weighted by Crippen LogP contribution is 2.35. The summed E-state index contributed by atoms with van der Waals surface area (Å²) in [5, 5.41) is 22.9. The fourth-order valence-electron chi connectivity index (χ4n) is 3.00. The Labute approximate surface area is 107 Å². The summed E-state index contributed by atoms with van der Waals surface area (Å²) in [6, 6.07) is 4.11. The minimum Gasteiger partial charge on any atom is -0.504 e. The van der Waals surface area contributed by atoms with Gasteiger partial charge in [-0.3, -0.25) is 0 Å². The van der Waals surface area contributed by atoms with Crippen molar-refractivity contribution in [3.63, 3.8) is 0 Å². The fourth-order valence-corrected chi connectivity index (χ4v) is 3.00. The van der Waals surface area contributed by atoms with Gasteiger partial charge in [0.25, 0.3) is 0 Å². The fraction of sp³-hybridized carbons (Fsp3) is 0.467. The van der Waals surface area contributed by atoms with Gasteiger partial charge in [0, 0.05) is 23.7 Å². The van der Waals surface area contributed by atoms with E-state index in [1.54, 1.807) is 6.07 Å². The van der Waals surface area contributed by atoms with E-state index in [1.807, 2.05) is 6.07 Å². The van der Waals surface area contributed by atoms with E-state index in [1.165, 1.54) is 31.4 Å². The minimum absolute atomic E-state index is 0.0191. The Kier molecular flexibility index (Phi) is 2.90. The molecule has 0 aromatic heterocycles. The van der Waals surface area contributed by atoms with E-state index in [-0.39, 0.29) is 11.5 Å². The van der Waals surface area contributed by atoms with Crippen molar-refractivity contribution in [3.05, 3.63) is 35.0 Å². The number of hydrogen-bond donors (Lipinski definition) is 3. The van der Waals surface area contributed by atoms with Gasteiger partial charge in [-0.1, -0.05) is 25.0 Å². The average molecular weight is 245 g/mol. The van der Waals surface area contributed by atoms with Crippen LogP contribution in [0.1, 0.15) is 36.8 Å². The van der Waals surface area contributed by atoms with Gasteiger partial charge in [-0.05, 0) is 30.9 Å². The number of fused-ring (bicyclic) bond motifs is 1. The summed E-state index contributed by atoms with van der Waals surface area (Å²) in [5.41, 5.74) is 3.25. The molecule has 1 aromatic rings. The first-order valence-corrected chi connectivity index (χ1v) is 6.72. The molecule has 2 aliphatic carbocycles. The number of benzene rings is 1. The van der Waals surface area contributed by atoms with Crippen LogP contribution in [0.4, 0.5) is 0 Å². The number of allylic oxidation sites excluding steroid dienone is 2. The monoisotopic (exact) mass is 245 g/mol. The summed E-state index contributed by atoms with van der Waals surface area (Å²) in [7, 11) is 0. The first-order valence-electron chi connectivity index (χ1n) is 6.72. The van der Waals surface area contributed by atoms with Gasteiger partial charge in [0.1, 0.15) is 0 Å². The zero-order valence-corrected chi connectivity index (χ0v) is 10.4. The van der Waals surface area contributed by atoms with Crippen LogP contribution < -0.4 is 5.32 Å². The van der Waals surface area contributed by atoms with E-state index < -0.39 is 0 Å². The second-order valence-corrected chi connectivity index (χ2v) is 5.31. The van der Waals surface area contributed by atoms with Crippen LogP contribution in [0.5, 0.6) is 11.5 Å². The van der Waals surface area contributed by atoms with E-state index >= 15 is 0 Å². The lowest BCUT2D eigenvalue weighted by Crippen LogP contribution is -2.27. The number of phenols is 2. The molecule has 0 heterocycles. The third kappa shape index (κ3) is 2.05. The van der Waals surface area contributed by atoms with Crippen molar-refractivity contribution < 1.29 is 10.2 Å². The van der Waals surface area contributed by atoms with Gasteiger partial charge in [-0.2, -0.15) is 0 Å². The maximum Gasteiger partial charge on any atom is 0.161 e. The molecule has 1 saturated carbocycles. The Morgan fingerprint density at radius 2 is 1.89 bits per heavy atom. The molecule has 3 heteroatoms. The zero-order chi connectivity index (χ0) is 12.5. The van der Waals surface area contributed by atoms with Gasteiger partial charge in [-0.15, -0.1) is 0 Å². The second kappa shape index (κ2) is 4.56. The summed E-state index contributed by atoms with van der Waals surface area (Å²) in [5.74, 6) is 0.0259. The first kappa shape index (κ1) is 11.5. The molecule has 1 fully saturated rings. The van der Waals surface area contributed by atoms with E-state index in [9.17, 15) is 10.2 Å². The van der Waals surface area contributed by atoms with E-state index in [0.29, 0.717) is 12.5 Å². The Hall–Kier alpha value is -1.64. The number of phenolic OH excluding ortho intramolecular Hbond substituents is 2. The Morgan fingerprint density at radius 1 is 1.11 bits per heavy atom. The third-order valence-electron chi connectivity index (χ3n) is 4.04. The molecule has 1 aromatic carbocycles. The van der Waals surface area contributed by atoms with Gasteiger partial charge in [0.2, 0.25) is 0 Å². The van der Waals surface area contributed by atoms with E-state index in [2.05, 4.69) is 11.4 Å². The lowest BCUT2D eigenvalue weighted by molar-refractivity contribution is 0.399. The lowest BCUT2D eigenvalue weighted by atomic mass is 9.93. The molecule has 0 aliphatic heterocycles. The Balaban J connectivity index is 1.75. The summed E-state index contributed by atoms with van der Waals surface area (Å²) >= 11 is 0. The van der Waals surface area contributed by atoms with Crippen molar-refractivity contribution in [2.24, 2.45) is 0 Å². The van der Waals surface area contributed by atoms with Gasteiger partial charge in [-0.25, -0.2) is 0 Å². The van der Waals surface area contributed by atoms with E-state index in [0.717, 1.165) is 17.5 Å². The first-order chi connectivity index (χ1) is 8.74. The predicted octanol–water partition coefficient (Wildman–Crippen LogP) is 2.61. The molecule has 0 atom stereocenters. The van der Waals surface area contributed by atoms with Crippen LogP contribution >= 0.6 is 0 Å². The second-order valence-electron chi connectivity index (χ2n) is 5.31. The van der Waals surface area contributed by atoms with Crippen LogP contribution in [0.3, 0.4) is 0 Å². The highest BCUT2D eigenvalue weighted by Gasteiger charge is 2.20. The molecule has 18 heavy (non-hydrogen) atoms. The SMILES string of the molecule is Oc1ccc2c(c1O)CC=C(NC1CCCC1)C2. The van der Waals surface area contributed by atoms with Crippen LogP contribution in [-0.2, 0) is 12.8 Å². The maximum atomic E-state index is 9.81. The average Bonchev–Trinajstić information content (AvgIpc) is 2.87. The molecule has 0 radical (unpaired) electrons. The molecule has 3 N–H and O–H groups in total. The molecule has 0 amide bonds. The van der Waals surface area contributed by atoms with Crippen molar-refractivity contribution in [3.8, 4) is 11.5 Å². The molecule has 2 aliphatic rings. The van der Waals surface area contributed by atoms with Crippen molar-refractivity contribution in [2.45, 2.75) is 44.6 Å². The Bertz CT molecular complexity index is 488. The predicted molar refractivity (Wildman–Crippen MR) is 70.7 cm³/mol. The molecule has 0 bridgehead atoms. The molecule has 3 nitrogen and oxygen atoms in total. The standard InChI is InChI=1S/C15H19NO2/c17-14-8-5-10-9-12(6-7-13(10)15(14)18)16-11-3-1-2-4-11/h5-6,8,11,16-18H,1-4,7,9H2. The Morgan fingerprint density at radius 3 is 2.67 bits per heavy atom. The van der Waals surface area contributed by atoms with Crippen molar-refractivity contribution in [1.29, 1.82) is 0 Å². The van der Waals surface area contributed by atoms with Crippen molar-refractivity contribution in [2.75, 3.05) is 0 Å². The van der Waals surface area contributed by atoms with Crippen LogP contribution in [0.15, 0.2) is 23.9 Å². The lowest BCUT2D eigenvalue weighted by Gasteiger charge is -2.22. The maximum absolute atomic E-state index is 9.81. The van der Waals surface area contributed by atoms with E-state index in [4.69, 9.17) is 0 Å². The van der Waals surface area contributed by atoms with Gasteiger partial charge < -0.3 is 15.5 Å². The smallest absolute Gasteiger partial charge is 0.161 e. The summed E-state index contributed by atoms with van der Waals surface area (Å²) in [6.45, 7) is 0. The zero-order valence-electron chi connectivity index (χ0n) is 10.4. The van der Waals surface area contributed by atoms with Crippen LogP contribution in [0.25, 0.3) is 0 Å². The van der Waals surface area contributed by atoms with Crippen LogP contribution in [0.2, 0.25) is 0 Å². The summed E-state index contributed by atoms with van der Waals surface area (Å²) in [6.07, 6.45) is 8.87. The molecular weight excluding hydrogens is 226 g/mol. The summed E-state index contributed by atoms with van der Waals surface area (Å²) in [4.78, 5) is 0. The molecule has 0 unspecified atom stereocenters. The molecule has 0 saturated heterocycles. The third-order valence-corrected chi connectivity index (χ3v) is 4.04. The number of hydrogen-bond acceptors (Lipinski definition) is 3. The molecule has 0 spiro atoms. The minimum atomic E-state index is -0.0191. The van der Waals surface area contributed by atoms with Crippen molar-refractivity contribution in [1.82, 2.24) is 5.32 Å². The normalized spacial score (nSPS) is 19.4. The van der Waals surface area contributed by atoms with Gasteiger partial charge in [0.15, 0.2) is 11.5 Å². The van der Waals surface area contributed by atoms with Crippen molar-refractivity contribution >= 4 is 0 Å². The molecular formula is C15H19NO2. The highest BCUT2D eigenvalue weighted by molar-refractivity contribution is 5.52. The number of nitrogens with one attached hydrogen (secondary N) is 1. The highest BCUT2D eigenvalue weighted by atomic mass is 16.3. The number of rotatable bonds is 2.